The number of rotatable bonds is 6. The Hall–Kier alpha value is -0.660. The third-order valence-corrected chi connectivity index (χ3v) is 4.48. The van der Waals surface area contributed by atoms with Crippen LogP contribution in [0.3, 0.4) is 0 Å². The maximum atomic E-state index is 11.8. The van der Waals surface area contributed by atoms with Gasteiger partial charge in [0.05, 0.1) is 18.8 Å². The van der Waals surface area contributed by atoms with E-state index in [0.29, 0.717) is 13.1 Å². The number of likely N-dealkylation sites (N-methyl/N-ethyl adjacent to an activating group) is 1. The average molecular weight is 250 g/mol. The molecule has 0 radical (unpaired) electrons. The van der Waals surface area contributed by atoms with Crippen molar-refractivity contribution in [2.45, 2.75) is 19.4 Å². The second kappa shape index (κ2) is 5.60. The van der Waals surface area contributed by atoms with Gasteiger partial charge >= 0.3 is 5.97 Å². The molecule has 0 unspecified atom stereocenters. The van der Waals surface area contributed by atoms with E-state index in [0.717, 1.165) is 0 Å². The van der Waals surface area contributed by atoms with Crippen LogP contribution in [0, 0.1) is 0 Å². The minimum absolute atomic E-state index is 0.0206. The van der Waals surface area contributed by atoms with E-state index < -0.39 is 16.0 Å². The first kappa shape index (κ1) is 13.4. The smallest absolute Gasteiger partial charge is 0.306 e. The number of esters is 1. The van der Waals surface area contributed by atoms with Crippen molar-refractivity contribution in [3.8, 4) is 0 Å². The predicted octanol–water partition coefficient (Wildman–Crippen LogP) is -0.827. The molecule has 0 spiro atoms. The standard InChI is InChI=1S/C9H18N2O4S/c1-3-15-9(12)4-5-16(13,14)11(2)8-6-10-7-8/h8,10H,3-7H2,1-2H3. The Morgan fingerprint density at radius 2 is 2.12 bits per heavy atom. The van der Waals surface area contributed by atoms with Crippen LogP contribution in [0.15, 0.2) is 0 Å². The van der Waals surface area contributed by atoms with Crippen LogP contribution in [0.25, 0.3) is 0 Å². The van der Waals surface area contributed by atoms with Crippen molar-refractivity contribution in [3.05, 3.63) is 0 Å². The number of nitrogens with zero attached hydrogens (tertiary/aromatic N) is 1. The molecule has 1 N–H and O–H groups in total. The molecule has 1 fully saturated rings. The Bertz CT molecular complexity index is 337. The van der Waals surface area contributed by atoms with Crippen LogP contribution in [0.1, 0.15) is 13.3 Å². The lowest BCUT2D eigenvalue weighted by molar-refractivity contribution is -0.142. The zero-order valence-electron chi connectivity index (χ0n) is 9.60. The van der Waals surface area contributed by atoms with Crippen molar-refractivity contribution >= 4 is 16.0 Å². The molecule has 0 aromatic rings. The number of hydrogen-bond donors (Lipinski definition) is 1. The lowest BCUT2D eigenvalue weighted by Crippen LogP contribution is -2.57. The fraction of sp³-hybridized carbons (Fsp3) is 0.889. The highest BCUT2D eigenvalue weighted by Gasteiger charge is 2.30. The summed E-state index contributed by atoms with van der Waals surface area (Å²) >= 11 is 0. The highest BCUT2D eigenvalue weighted by molar-refractivity contribution is 7.89. The molecule has 0 atom stereocenters. The van der Waals surface area contributed by atoms with Gasteiger partial charge in [-0.15, -0.1) is 0 Å². The van der Waals surface area contributed by atoms with Crippen molar-refractivity contribution in [1.82, 2.24) is 9.62 Å². The Labute approximate surface area is 96.0 Å². The second-order valence-electron chi connectivity index (χ2n) is 3.70. The van der Waals surface area contributed by atoms with Crippen LogP contribution < -0.4 is 5.32 Å². The van der Waals surface area contributed by atoms with Gasteiger partial charge in [-0.1, -0.05) is 0 Å². The van der Waals surface area contributed by atoms with Gasteiger partial charge in [-0.05, 0) is 6.92 Å². The largest absolute Gasteiger partial charge is 0.466 e. The topological polar surface area (TPSA) is 75.7 Å². The summed E-state index contributed by atoms with van der Waals surface area (Å²) in [6, 6.07) is 0.0206. The first-order chi connectivity index (χ1) is 7.47. The molecule has 0 aromatic carbocycles. The second-order valence-corrected chi connectivity index (χ2v) is 5.85. The van der Waals surface area contributed by atoms with Crippen molar-refractivity contribution in [2.24, 2.45) is 0 Å². The summed E-state index contributed by atoms with van der Waals surface area (Å²) in [6.07, 6.45) is -0.0827. The van der Waals surface area contributed by atoms with Crippen molar-refractivity contribution in [3.63, 3.8) is 0 Å². The highest BCUT2D eigenvalue weighted by Crippen LogP contribution is 2.09. The molecule has 0 saturated carbocycles. The van der Waals surface area contributed by atoms with E-state index in [4.69, 9.17) is 0 Å². The molecule has 16 heavy (non-hydrogen) atoms. The summed E-state index contributed by atoms with van der Waals surface area (Å²) in [5.41, 5.74) is 0. The van der Waals surface area contributed by atoms with Crippen molar-refractivity contribution in [2.75, 3.05) is 32.5 Å². The number of sulfonamides is 1. The van der Waals surface area contributed by atoms with Crippen LogP contribution >= 0.6 is 0 Å². The summed E-state index contributed by atoms with van der Waals surface area (Å²) in [6.45, 7) is 3.32. The van der Waals surface area contributed by atoms with Crippen LogP contribution in [0.2, 0.25) is 0 Å². The first-order valence-electron chi connectivity index (χ1n) is 5.29. The van der Waals surface area contributed by atoms with Crippen LogP contribution in [0.4, 0.5) is 0 Å². The van der Waals surface area contributed by atoms with Gasteiger partial charge in [0.2, 0.25) is 10.0 Å². The minimum Gasteiger partial charge on any atom is -0.466 e. The third kappa shape index (κ3) is 3.43. The highest BCUT2D eigenvalue weighted by atomic mass is 32.2. The summed E-state index contributed by atoms with van der Waals surface area (Å²) in [5.74, 6) is -0.648. The molecule has 0 aromatic heterocycles. The summed E-state index contributed by atoms with van der Waals surface area (Å²) in [4.78, 5) is 11.0. The Balaban J connectivity index is 2.41. The SMILES string of the molecule is CCOC(=O)CCS(=O)(=O)N(C)C1CNC1. The zero-order valence-corrected chi connectivity index (χ0v) is 10.4. The first-order valence-corrected chi connectivity index (χ1v) is 6.90. The van der Waals surface area contributed by atoms with Gasteiger partial charge < -0.3 is 10.1 Å². The number of hydrogen-bond acceptors (Lipinski definition) is 5. The van der Waals surface area contributed by atoms with Gasteiger partial charge in [0.15, 0.2) is 0 Å². The van der Waals surface area contributed by atoms with E-state index in [1.54, 1.807) is 14.0 Å². The van der Waals surface area contributed by atoms with E-state index >= 15 is 0 Å². The quantitative estimate of drug-likeness (QED) is 0.623. The fourth-order valence-corrected chi connectivity index (χ4v) is 2.66. The van der Waals surface area contributed by atoms with Crippen LogP contribution in [0.5, 0.6) is 0 Å². The normalized spacial score (nSPS) is 17.2. The van der Waals surface area contributed by atoms with Crippen molar-refractivity contribution < 1.29 is 17.9 Å². The number of carbonyl (C=O) groups is 1. The zero-order chi connectivity index (χ0) is 12.2. The lowest BCUT2D eigenvalue weighted by atomic mass is 10.2. The van der Waals surface area contributed by atoms with Gasteiger partial charge in [-0.25, -0.2) is 8.42 Å². The molecule has 1 saturated heterocycles. The molecule has 6 nitrogen and oxygen atoms in total. The van der Waals surface area contributed by atoms with E-state index in [1.165, 1.54) is 4.31 Å². The van der Waals surface area contributed by atoms with E-state index in [-0.39, 0.29) is 24.8 Å². The maximum Gasteiger partial charge on any atom is 0.306 e. The molecule has 1 rings (SSSR count). The monoisotopic (exact) mass is 250 g/mol. The van der Waals surface area contributed by atoms with Gasteiger partial charge in [0.1, 0.15) is 0 Å². The fourth-order valence-electron chi connectivity index (χ4n) is 1.35. The molecule has 7 heteroatoms. The summed E-state index contributed by atoms with van der Waals surface area (Å²) in [7, 11) is -1.79. The predicted molar refractivity (Wildman–Crippen MR) is 59.5 cm³/mol. The molecule has 0 bridgehead atoms. The molecule has 0 aliphatic carbocycles. The minimum atomic E-state index is -3.34. The molecular formula is C9H18N2O4S. The van der Waals surface area contributed by atoms with Crippen LogP contribution in [-0.4, -0.2) is 57.2 Å². The number of carbonyl (C=O) groups excluding carboxylic acids is 1. The van der Waals surface area contributed by atoms with E-state index in [1.807, 2.05) is 0 Å². The maximum absolute atomic E-state index is 11.8. The lowest BCUT2D eigenvalue weighted by Gasteiger charge is -2.34. The molecule has 1 aliphatic rings. The Morgan fingerprint density at radius 1 is 1.50 bits per heavy atom. The van der Waals surface area contributed by atoms with E-state index in [2.05, 4.69) is 10.1 Å². The average Bonchev–Trinajstić information content (AvgIpc) is 2.13. The molecule has 94 valence electrons. The van der Waals surface area contributed by atoms with Gasteiger partial charge in [-0.3, -0.25) is 4.79 Å². The molecule has 1 aliphatic heterocycles. The van der Waals surface area contributed by atoms with Crippen LogP contribution in [-0.2, 0) is 19.6 Å². The third-order valence-electron chi connectivity index (χ3n) is 2.58. The molecule has 1 heterocycles. The summed E-state index contributed by atoms with van der Waals surface area (Å²) < 4.78 is 29.5. The number of nitrogens with one attached hydrogen (secondary N) is 1. The van der Waals surface area contributed by atoms with E-state index in [9.17, 15) is 13.2 Å². The number of ether oxygens (including phenoxy) is 1. The molecular weight excluding hydrogens is 232 g/mol. The van der Waals surface area contributed by atoms with Gasteiger partial charge in [0.25, 0.3) is 0 Å². The van der Waals surface area contributed by atoms with Gasteiger partial charge in [-0.2, -0.15) is 4.31 Å². The molecule has 0 amide bonds. The Kier molecular flexibility index (Phi) is 4.69. The Morgan fingerprint density at radius 3 is 2.56 bits per heavy atom. The summed E-state index contributed by atoms with van der Waals surface area (Å²) in [5, 5.41) is 3.00. The van der Waals surface area contributed by atoms with Gasteiger partial charge in [0, 0.05) is 26.2 Å². The van der Waals surface area contributed by atoms with Crippen molar-refractivity contribution in [1.29, 1.82) is 0 Å².